The smallest absolute Gasteiger partial charge is 0.231 e. The van der Waals surface area contributed by atoms with Crippen molar-refractivity contribution in [3.05, 3.63) is 53.9 Å². The number of carbonyl (C=O) groups excluding carboxylic acids is 2. The molecule has 3 aliphatic rings. The van der Waals surface area contributed by atoms with Crippen molar-refractivity contribution >= 4 is 23.2 Å². The molecule has 0 spiro atoms. The third kappa shape index (κ3) is 5.07. The Bertz CT molecular complexity index is 1050. The summed E-state index contributed by atoms with van der Waals surface area (Å²) in [6.45, 7) is 7.34. The highest BCUT2D eigenvalue weighted by atomic mass is 16.2. The van der Waals surface area contributed by atoms with E-state index in [9.17, 15) is 9.59 Å². The normalized spacial score (nSPS) is 20.9. The van der Waals surface area contributed by atoms with Crippen LogP contribution in [0, 0.1) is 18.3 Å². The largest absolute Gasteiger partial charge is 0.368 e. The lowest BCUT2D eigenvalue weighted by Gasteiger charge is -2.40. The van der Waals surface area contributed by atoms with Gasteiger partial charge in [0, 0.05) is 43.5 Å². The first-order valence-electron chi connectivity index (χ1n) is 13.3. The zero-order valence-corrected chi connectivity index (χ0v) is 21.1. The molecule has 0 unspecified atom stereocenters. The van der Waals surface area contributed by atoms with Gasteiger partial charge in [-0.15, -0.1) is 0 Å². The zero-order chi connectivity index (χ0) is 24.4. The average Bonchev–Trinajstić information content (AvgIpc) is 2.85. The fourth-order valence-electron chi connectivity index (χ4n) is 6.08. The number of amides is 2. The summed E-state index contributed by atoms with van der Waals surface area (Å²) in [5.74, 6) is 0.938. The van der Waals surface area contributed by atoms with Crippen LogP contribution in [-0.4, -0.2) is 47.9 Å². The number of pyridine rings is 1. The summed E-state index contributed by atoms with van der Waals surface area (Å²) in [4.78, 5) is 34.5. The number of carbonyl (C=O) groups is 2. The molecule has 3 fully saturated rings. The lowest BCUT2D eigenvalue weighted by Crippen LogP contribution is -2.52. The van der Waals surface area contributed by atoms with Crippen LogP contribution in [0.4, 0.5) is 11.4 Å². The summed E-state index contributed by atoms with van der Waals surface area (Å²) in [5.41, 5.74) is 4.13. The van der Waals surface area contributed by atoms with Gasteiger partial charge >= 0.3 is 0 Å². The van der Waals surface area contributed by atoms with Gasteiger partial charge in [0.05, 0.1) is 17.3 Å². The van der Waals surface area contributed by atoms with Crippen LogP contribution in [0.3, 0.4) is 0 Å². The summed E-state index contributed by atoms with van der Waals surface area (Å²) in [7, 11) is 0. The number of aromatic nitrogens is 1. The van der Waals surface area contributed by atoms with E-state index in [0.717, 1.165) is 68.9 Å². The number of anilines is 2. The Labute approximate surface area is 209 Å². The lowest BCUT2D eigenvalue weighted by atomic mass is 9.74. The van der Waals surface area contributed by atoms with Crippen LogP contribution >= 0.6 is 0 Å². The molecular formula is C29H38N4O2. The molecule has 2 aromatic rings. The summed E-state index contributed by atoms with van der Waals surface area (Å²) >= 11 is 0. The van der Waals surface area contributed by atoms with E-state index in [2.05, 4.69) is 45.2 Å². The molecule has 5 rings (SSSR count). The van der Waals surface area contributed by atoms with Crippen LogP contribution in [0.25, 0.3) is 0 Å². The van der Waals surface area contributed by atoms with Crippen molar-refractivity contribution in [2.24, 2.45) is 11.3 Å². The molecule has 1 N–H and O–H groups in total. The molecule has 0 atom stereocenters. The first-order valence-corrected chi connectivity index (χ1v) is 13.3. The summed E-state index contributed by atoms with van der Waals surface area (Å²) in [5, 5.41) is 3.09. The quantitative estimate of drug-likeness (QED) is 0.652. The molecule has 2 aliphatic heterocycles. The Morgan fingerprint density at radius 2 is 1.69 bits per heavy atom. The van der Waals surface area contributed by atoms with E-state index in [4.69, 9.17) is 0 Å². The van der Waals surface area contributed by atoms with Gasteiger partial charge in [-0.2, -0.15) is 0 Å². The number of hydrogen-bond donors (Lipinski definition) is 1. The van der Waals surface area contributed by atoms with Gasteiger partial charge in [-0.1, -0.05) is 38.3 Å². The SMILES string of the molecule is Cc1ncccc1N1CC(C(=O)Nc2ccc(C3CCN(C(=O)C4(C)CCCCC4)CC3)cc2)C1. The van der Waals surface area contributed by atoms with Gasteiger partial charge in [0.1, 0.15) is 0 Å². The van der Waals surface area contributed by atoms with E-state index in [1.165, 1.54) is 24.8 Å². The minimum absolute atomic E-state index is 0.00201. The number of likely N-dealkylation sites (tertiary alicyclic amines) is 1. The van der Waals surface area contributed by atoms with Crippen LogP contribution in [0.15, 0.2) is 42.6 Å². The van der Waals surface area contributed by atoms with Crippen molar-refractivity contribution in [1.29, 1.82) is 0 Å². The van der Waals surface area contributed by atoms with E-state index in [0.29, 0.717) is 11.8 Å². The molecule has 6 heteroatoms. The second-order valence-corrected chi connectivity index (χ2v) is 11.0. The van der Waals surface area contributed by atoms with Gasteiger partial charge in [0.25, 0.3) is 0 Å². The van der Waals surface area contributed by atoms with Crippen LogP contribution < -0.4 is 10.2 Å². The van der Waals surface area contributed by atoms with E-state index in [1.807, 2.05) is 25.1 Å². The van der Waals surface area contributed by atoms with Crippen LogP contribution in [0.2, 0.25) is 0 Å². The highest BCUT2D eigenvalue weighted by Gasteiger charge is 2.39. The van der Waals surface area contributed by atoms with E-state index < -0.39 is 0 Å². The molecule has 0 radical (unpaired) electrons. The molecule has 1 aliphatic carbocycles. The number of piperidine rings is 1. The fourth-order valence-corrected chi connectivity index (χ4v) is 6.08. The highest BCUT2D eigenvalue weighted by molar-refractivity contribution is 5.94. The summed E-state index contributed by atoms with van der Waals surface area (Å²) < 4.78 is 0. The van der Waals surface area contributed by atoms with Crippen LogP contribution in [-0.2, 0) is 9.59 Å². The maximum absolute atomic E-state index is 13.1. The second kappa shape index (κ2) is 10.00. The standard InChI is InChI=1S/C29H38N4O2/c1-21-26(7-6-16-30-21)33-19-24(20-33)27(34)31-25-10-8-22(9-11-25)23-12-17-32(18-13-23)28(35)29(2)14-4-3-5-15-29/h6-11,16,23-24H,3-5,12-15,17-20H2,1-2H3,(H,31,34). The fraction of sp³-hybridized carbons (Fsp3) is 0.552. The number of rotatable bonds is 5. The first-order chi connectivity index (χ1) is 16.9. The molecule has 6 nitrogen and oxygen atoms in total. The van der Waals surface area contributed by atoms with Crippen molar-refractivity contribution in [3.8, 4) is 0 Å². The van der Waals surface area contributed by atoms with Crippen molar-refractivity contribution in [1.82, 2.24) is 9.88 Å². The van der Waals surface area contributed by atoms with Gasteiger partial charge in [-0.05, 0) is 68.4 Å². The average molecular weight is 475 g/mol. The van der Waals surface area contributed by atoms with Gasteiger partial charge in [0.2, 0.25) is 11.8 Å². The van der Waals surface area contributed by atoms with Crippen molar-refractivity contribution < 1.29 is 9.59 Å². The third-order valence-corrected chi connectivity index (χ3v) is 8.48. The maximum Gasteiger partial charge on any atom is 0.231 e. The Kier molecular flexibility index (Phi) is 6.81. The van der Waals surface area contributed by atoms with Crippen LogP contribution in [0.5, 0.6) is 0 Å². The van der Waals surface area contributed by atoms with Crippen molar-refractivity contribution in [2.45, 2.75) is 64.7 Å². The number of aryl methyl sites for hydroxylation is 1. The zero-order valence-electron chi connectivity index (χ0n) is 21.1. The minimum atomic E-state index is -0.140. The maximum atomic E-state index is 13.1. The Balaban J connectivity index is 1.10. The van der Waals surface area contributed by atoms with Gasteiger partial charge in [0.15, 0.2) is 0 Å². The molecule has 186 valence electrons. The Hall–Kier alpha value is -2.89. The molecule has 3 heterocycles. The molecule has 35 heavy (non-hydrogen) atoms. The number of hydrogen-bond acceptors (Lipinski definition) is 4. The first kappa shape index (κ1) is 23.8. The van der Waals surface area contributed by atoms with Crippen LogP contribution in [0.1, 0.15) is 69.0 Å². The lowest BCUT2D eigenvalue weighted by molar-refractivity contribution is -0.144. The monoisotopic (exact) mass is 474 g/mol. The van der Waals surface area contributed by atoms with E-state index >= 15 is 0 Å². The Morgan fingerprint density at radius 1 is 1.00 bits per heavy atom. The van der Waals surface area contributed by atoms with Crippen molar-refractivity contribution in [3.63, 3.8) is 0 Å². The van der Waals surface area contributed by atoms with Crippen molar-refractivity contribution in [2.75, 3.05) is 36.4 Å². The minimum Gasteiger partial charge on any atom is -0.368 e. The summed E-state index contributed by atoms with van der Waals surface area (Å²) in [6.07, 6.45) is 9.55. The molecule has 2 amide bonds. The van der Waals surface area contributed by atoms with E-state index in [1.54, 1.807) is 6.20 Å². The molecule has 1 saturated carbocycles. The van der Waals surface area contributed by atoms with Gasteiger partial charge in [-0.3, -0.25) is 14.6 Å². The summed E-state index contributed by atoms with van der Waals surface area (Å²) in [6, 6.07) is 12.3. The molecule has 1 aromatic carbocycles. The highest BCUT2D eigenvalue weighted by Crippen LogP contribution is 2.39. The predicted octanol–water partition coefficient (Wildman–Crippen LogP) is 5.14. The van der Waals surface area contributed by atoms with Gasteiger partial charge < -0.3 is 15.1 Å². The number of benzene rings is 1. The molecule has 2 saturated heterocycles. The molecular weight excluding hydrogens is 436 g/mol. The van der Waals surface area contributed by atoms with E-state index in [-0.39, 0.29) is 17.2 Å². The predicted molar refractivity (Wildman–Crippen MR) is 139 cm³/mol. The Morgan fingerprint density at radius 3 is 2.34 bits per heavy atom. The third-order valence-electron chi connectivity index (χ3n) is 8.48. The van der Waals surface area contributed by atoms with Gasteiger partial charge in [-0.25, -0.2) is 0 Å². The number of nitrogens with zero attached hydrogens (tertiary/aromatic N) is 3. The topological polar surface area (TPSA) is 65.5 Å². The second-order valence-electron chi connectivity index (χ2n) is 11.0. The number of nitrogens with one attached hydrogen (secondary N) is 1. The molecule has 0 bridgehead atoms. The molecule has 1 aromatic heterocycles.